The average molecular weight is 572 g/mol. The van der Waals surface area contributed by atoms with Gasteiger partial charge in [0.25, 0.3) is 5.91 Å². The summed E-state index contributed by atoms with van der Waals surface area (Å²) in [5.74, 6) is -1.50. The minimum Gasteiger partial charge on any atom is -0.497 e. The number of carbonyl (C=O) groups is 3. The topological polar surface area (TPSA) is 72.9 Å². The maximum Gasteiger partial charge on any atom is 0.363 e. The van der Waals surface area contributed by atoms with Crippen molar-refractivity contribution in [1.29, 1.82) is 0 Å². The molecule has 6 nitrogen and oxygen atoms in total. The predicted molar refractivity (Wildman–Crippen MR) is 159 cm³/mol. The van der Waals surface area contributed by atoms with Gasteiger partial charge in [0.1, 0.15) is 23.7 Å². The molecule has 0 N–H and O–H groups in total. The summed E-state index contributed by atoms with van der Waals surface area (Å²) in [6.07, 6.45) is 2.00. The third-order valence-corrected chi connectivity index (χ3v) is 5.55. The standard InChI is InChI=1S/C20H19F2NO4.C9H12O.2C2H6/c1-13-17(21)11-15(12-18(13)22)10-14-5-7-16(8-6-14)20(26)27-23(2)19(25)4-3-9-24;1-3-8-4-6-9(10-2)7-5-8;2*1-2/h5-9,11-12H,3-4,10H2,1-2H3;4-7H,3H2,1-2H3;2*1-2H3. The van der Waals surface area contributed by atoms with Crippen LogP contribution in [0.1, 0.15) is 80.1 Å². The molecule has 3 aromatic carbocycles. The second-order valence-electron chi connectivity index (χ2n) is 8.24. The first-order chi connectivity index (χ1) is 19.7. The van der Waals surface area contributed by atoms with E-state index in [1.807, 2.05) is 39.8 Å². The Balaban J connectivity index is 0.000000950. The normalized spacial score (nSPS) is 9.41. The van der Waals surface area contributed by atoms with Gasteiger partial charge in [-0.15, -0.1) is 0 Å². The molecule has 3 aromatic rings. The quantitative estimate of drug-likeness (QED) is 0.205. The Morgan fingerprint density at radius 3 is 1.83 bits per heavy atom. The van der Waals surface area contributed by atoms with Crippen LogP contribution in [0.25, 0.3) is 0 Å². The van der Waals surface area contributed by atoms with Crippen molar-refractivity contribution >= 4 is 18.2 Å². The first-order valence-electron chi connectivity index (χ1n) is 13.8. The van der Waals surface area contributed by atoms with E-state index in [1.165, 1.54) is 43.8 Å². The van der Waals surface area contributed by atoms with Crippen LogP contribution < -0.4 is 4.74 Å². The summed E-state index contributed by atoms with van der Waals surface area (Å²) in [5.41, 5.74) is 2.77. The molecule has 8 heteroatoms. The number of methoxy groups -OCH3 is 1. The van der Waals surface area contributed by atoms with Crippen LogP contribution in [0.15, 0.2) is 60.7 Å². The van der Waals surface area contributed by atoms with Crippen molar-refractivity contribution in [3.05, 3.63) is 100 Å². The molecule has 0 aliphatic carbocycles. The monoisotopic (exact) mass is 571 g/mol. The lowest BCUT2D eigenvalue weighted by Gasteiger charge is -2.15. The van der Waals surface area contributed by atoms with Crippen molar-refractivity contribution in [3.63, 3.8) is 0 Å². The molecule has 0 heterocycles. The van der Waals surface area contributed by atoms with Crippen molar-refractivity contribution in [2.24, 2.45) is 0 Å². The number of benzene rings is 3. The maximum absolute atomic E-state index is 13.6. The Morgan fingerprint density at radius 1 is 0.854 bits per heavy atom. The van der Waals surface area contributed by atoms with Gasteiger partial charge >= 0.3 is 5.97 Å². The number of aryl methyl sites for hydroxylation is 1. The summed E-state index contributed by atoms with van der Waals surface area (Å²) < 4.78 is 32.3. The summed E-state index contributed by atoms with van der Waals surface area (Å²) in [6, 6.07) is 17.0. The second kappa shape index (κ2) is 20.8. The van der Waals surface area contributed by atoms with Crippen molar-refractivity contribution in [2.75, 3.05) is 14.2 Å². The SMILES string of the molecule is CC.CC.CCc1ccc(OC)cc1.Cc1c(F)cc(Cc2ccc(C(=O)ON(C)C(=O)CCC=O)cc2)cc1F. The lowest BCUT2D eigenvalue weighted by Crippen LogP contribution is -2.29. The Morgan fingerprint density at radius 2 is 1.37 bits per heavy atom. The van der Waals surface area contributed by atoms with E-state index >= 15 is 0 Å². The highest BCUT2D eigenvalue weighted by Gasteiger charge is 2.16. The van der Waals surface area contributed by atoms with Gasteiger partial charge in [0.2, 0.25) is 0 Å². The summed E-state index contributed by atoms with van der Waals surface area (Å²) in [7, 11) is 2.97. The van der Waals surface area contributed by atoms with E-state index in [0.29, 0.717) is 18.3 Å². The van der Waals surface area contributed by atoms with E-state index in [-0.39, 0.29) is 24.0 Å². The number of rotatable bonds is 8. The number of ether oxygens (including phenoxy) is 1. The third-order valence-electron chi connectivity index (χ3n) is 5.55. The molecule has 1 amide bonds. The Bertz CT molecular complexity index is 1150. The summed E-state index contributed by atoms with van der Waals surface area (Å²) in [4.78, 5) is 38.9. The fraction of sp³-hybridized carbons (Fsp3) is 0.364. The van der Waals surface area contributed by atoms with Gasteiger partial charge in [-0.25, -0.2) is 13.6 Å². The predicted octanol–water partition coefficient (Wildman–Crippen LogP) is 7.68. The van der Waals surface area contributed by atoms with Gasteiger partial charge in [0, 0.05) is 25.5 Å². The fourth-order valence-corrected chi connectivity index (χ4v) is 3.22. The molecule has 0 aliphatic rings. The van der Waals surface area contributed by atoms with Gasteiger partial charge in [0.15, 0.2) is 0 Å². The van der Waals surface area contributed by atoms with E-state index in [1.54, 1.807) is 19.2 Å². The molecule has 0 atom stereocenters. The molecule has 0 aliphatic heterocycles. The Hall–Kier alpha value is -4.07. The van der Waals surface area contributed by atoms with E-state index in [0.717, 1.165) is 22.8 Å². The van der Waals surface area contributed by atoms with Gasteiger partial charge in [0.05, 0.1) is 12.7 Å². The molecule has 0 fully saturated rings. The van der Waals surface area contributed by atoms with Crippen molar-refractivity contribution in [1.82, 2.24) is 5.06 Å². The van der Waals surface area contributed by atoms with Crippen LogP contribution in [-0.4, -0.2) is 37.4 Å². The lowest BCUT2D eigenvalue weighted by atomic mass is 10.0. The van der Waals surface area contributed by atoms with Crippen molar-refractivity contribution in [2.45, 2.75) is 67.2 Å². The summed E-state index contributed by atoms with van der Waals surface area (Å²) in [6.45, 7) is 11.5. The zero-order valence-corrected chi connectivity index (χ0v) is 25.4. The molecule has 0 saturated carbocycles. The molecular formula is C33H43F2NO5. The summed E-state index contributed by atoms with van der Waals surface area (Å²) in [5, 5.41) is 0.789. The van der Waals surface area contributed by atoms with Gasteiger partial charge < -0.3 is 14.4 Å². The average Bonchev–Trinajstić information content (AvgIpc) is 3.01. The number of hydrogen-bond acceptors (Lipinski definition) is 5. The zero-order chi connectivity index (χ0) is 31.4. The Labute approximate surface area is 243 Å². The maximum atomic E-state index is 13.6. The fourth-order valence-electron chi connectivity index (χ4n) is 3.22. The van der Waals surface area contributed by atoms with Crippen molar-refractivity contribution in [3.8, 4) is 5.75 Å². The molecule has 41 heavy (non-hydrogen) atoms. The molecule has 0 spiro atoms. The molecule has 3 rings (SSSR count). The number of aldehydes is 1. The first-order valence-corrected chi connectivity index (χ1v) is 13.8. The first kappa shape index (κ1) is 36.9. The third kappa shape index (κ3) is 13.2. The van der Waals surface area contributed by atoms with Gasteiger partial charge in [-0.1, -0.05) is 58.9 Å². The van der Waals surface area contributed by atoms with Crippen LogP contribution in [0.3, 0.4) is 0 Å². The van der Waals surface area contributed by atoms with E-state index in [2.05, 4.69) is 19.1 Å². The van der Waals surface area contributed by atoms with Crippen LogP contribution in [0.5, 0.6) is 5.75 Å². The van der Waals surface area contributed by atoms with Crippen LogP contribution >= 0.6 is 0 Å². The molecule has 0 bridgehead atoms. The minimum absolute atomic E-state index is 0.0244. The van der Waals surface area contributed by atoms with Crippen LogP contribution in [0.2, 0.25) is 0 Å². The Kier molecular flexibility index (Phi) is 18.7. The molecule has 0 saturated heterocycles. The van der Waals surface area contributed by atoms with Crippen LogP contribution in [0, 0.1) is 18.6 Å². The number of hydrogen-bond donors (Lipinski definition) is 0. The van der Waals surface area contributed by atoms with Crippen LogP contribution in [0.4, 0.5) is 8.78 Å². The van der Waals surface area contributed by atoms with Gasteiger partial charge in [-0.3, -0.25) is 4.79 Å². The lowest BCUT2D eigenvalue weighted by molar-refractivity contribution is -0.161. The smallest absolute Gasteiger partial charge is 0.363 e. The molecule has 0 aromatic heterocycles. The van der Waals surface area contributed by atoms with Gasteiger partial charge in [-0.05, 0) is 72.9 Å². The molecular weight excluding hydrogens is 528 g/mol. The number of amides is 1. The molecule has 0 unspecified atom stereocenters. The highest BCUT2D eigenvalue weighted by atomic mass is 19.1. The number of carbonyl (C=O) groups excluding carboxylic acids is 3. The van der Waals surface area contributed by atoms with Crippen molar-refractivity contribution < 1.29 is 32.7 Å². The van der Waals surface area contributed by atoms with Crippen LogP contribution in [-0.2, 0) is 27.3 Å². The largest absolute Gasteiger partial charge is 0.497 e. The molecule has 224 valence electrons. The minimum atomic E-state index is -0.726. The number of nitrogens with zero attached hydrogens (tertiary/aromatic N) is 1. The zero-order valence-electron chi connectivity index (χ0n) is 25.4. The molecule has 0 radical (unpaired) electrons. The van der Waals surface area contributed by atoms with Gasteiger partial charge in [-0.2, -0.15) is 5.06 Å². The number of hydroxylamine groups is 2. The highest BCUT2D eigenvalue weighted by Crippen LogP contribution is 2.18. The summed E-state index contributed by atoms with van der Waals surface area (Å²) >= 11 is 0. The second-order valence-corrected chi connectivity index (χ2v) is 8.24. The van der Waals surface area contributed by atoms with E-state index in [4.69, 9.17) is 9.57 Å². The highest BCUT2D eigenvalue weighted by molar-refractivity contribution is 5.90. The van der Waals surface area contributed by atoms with E-state index in [9.17, 15) is 23.2 Å². The number of halogens is 2. The van der Waals surface area contributed by atoms with E-state index < -0.39 is 23.5 Å².